The fraction of sp³-hybridized carbons (Fsp3) is 0.500. The van der Waals surface area contributed by atoms with Gasteiger partial charge in [0.15, 0.2) is 0 Å². The van der Waals surface area contributed by atoms with Crippen LogP contribution in [-0.2, 0) is 9.31 Å². The van der Waals surface area contributed by atoms with Crippen molar-refractivity contribution in [2.75, 3.05) is 34.4 Å². The van der Waals surface area contributed by atoms with Crippen molar-refractivity contribution in [3.8, 4) is 0 Å². The number of likely N-dealkylation sites (N-methyl/N-ethyl adjacent to an activating group) is 1. The van der Waals surface area contributed by atoms with Gasteiger partial charge in [-0.3, -0.25) is 0 Å². The quantitative estimate of drug-likeness (QED) is 0.335. The highest BCUT2D eigenvalue weighted by atomic mass is 127. The maximum atomic E-state index is 5.77. The highest BCUT2D eigenvalue weighted by molar-refractivity contribution is 6.61. The molecule has 1 aromatic carbocycles. The van der Waals surface area contributed by atoms with Crippen LogP contribution in [0, 0.1) is 0 Å². The minimum atomic E-state index is -0.191. The predicted molar refractivity (Wildman–Crippen MR) is 65.6 cm³/mol. The van der Waals surface area contributed by atoms with Crippen LogP contribution in [0.5, 0.6) is 0 Å². The van der Waals surface area contributed by atoms with Crippen LogP contribution in [0.2, 0.25) is 0 Å². The van der Waals surface area contributed by atoms with E-state index < -0.39 is 0 Å². The second kappa shape index (κ2) is 6.18. The maximum Gasteiger partial charge on any atom is 0.494 e. The summed E-state index contributed by atoms with van der Waals surface area (Å²) in [6, 6.07) is 10.5. The second-order valence-electron chi connectivity index (χ2n) is 5.18. The van der Waals surface area contributed by atoms with E-state index in [-0.39, 0.29) is 31.1 Å². The Balaban J connectivity index is 0.00000144. The number of hydrogen-bond donors (Lipinski definition) is 0. The molecule has 0 amide bonds. The highest BCUT2D eigenvalue weighted by Crippen LogP contribution is 2.11. The summed E-state index contributed by atoms with van der Waals surface area (Å²) in [6.07, 6.45) is 0. The summed E-state index contributed by atoms with van der Waals surface area (Å²) in [6.45, 7) is 1.51. The SMILES string of the molecule is C[N+](C)(C)C1COB(c2ccccc2)OC1.[I-]. The average Bonchev–Trinajstić information content (AvgIpc) is 2.29. The van der Waals surface area contributed by atoms with Gasteiger partial charge in [0.2, 0.25) is 0 Å². The molecule has 1 aromatic rings. The van der Waals surface area contributed by atoms with E-state index in [0.29, 0.717) is 6.04 Å². The molecule has 1 fully saturated rings. The Labute approximate surface area is 121 Å². The first-order valence-electron chi connectivity index (χ1n) is 5.66. The van der Waals surface area contributed by atoms with Crippen molar-refractivity contribution < 1.29 is 37.8 Å². The van der Waals surface area contributed by atoms with Gasteiger partial charge in [-0.05, 0) is 5.46 Å². The van der Waals surface area contributed by atoms with Crippen molar-refractivity contribution in [3.05, 3.63) is 30.3 Å². The first-order valence-corrected chi connectivity index (χ1v) is 5.66. The molecule has 0 radical (unpaired) electrons. The van der Waals surface area contributed by atoms with Crippen molar-refractivity contribution in [2.45, 2.75) is 6.04 Å². The zero-order chi connectivity index (χ0) is 11.6. The van der Waals surface area contributed by atoms with Crippen molar-refractivity contribution >= 4 is 12.6 Å². The first kappa shape index (κ1) is 15.0. The Hall–Kier alpha value is -0.105. The number of rotatable bonds is 2. The Morgan fingerprint density at radius 2 is 1.59 bits per heavy atom. The topological polar surface area (TPSA) is 18.5 Å². The van der Waals surface area contributed by atoms with Crippen LogP contribution >= 0.6 is 0 Å². The van der Waals surface area contributed by atoms with E-state index in [2.05, 4.69) is 21.1 Å². The van der Waals surface area contributed by atoms with Gasteiger partial charge in [-0.2, -0.15) is 0 Å². The number of halogens is 1. The Morgan fingerprint density at radius 3 is 2.06 bits per heavy atom. The van der Waals surface area contributed by atoms with Gasteiger partial charge in [-0.25, -0.2) is 0 Å². The summed E-state index contributed by atoms with van der Waals surface area (Å²) in [5.74, 6) is 0. The molecule has 5 heteroatoms. The summed E-state index contributed by atoms with van der Waals surface area (Å²) in [7, 11) is 6.31. The minimum absolute atomic E-state index is 0. The molecule has 0 unspecified atom stereocenters. The molecular weight excluding hydrogens is 328 g/mol. The minimum Gasteiger partial charge on any atom is -1.00 e. The summed E-state index contributed by atoms with van der Waals surface area (Å²) in [4.78, 5) is 0. The zero-order valence-corrected chi connectivity index (χ0v) is 12.8. The fourth-order valence-corrected chi connectivity index (χ4v) is 1.74. The zero-order valence-electron chi connectivity index (χ0n) is 10.6. The van der Waals surface area contributed by atoms with Crippen molar-refractivity contribution in [2.24, 2.45) is 0 Å². The molecule has 0 bridgehead atoms. The van der Waals surface area contributed by atoms with Gasteiger partial charge >= 0.3 is 7.12 Å². The van der Waals surface area contributed by atoms with Gasteiger partial charge in [0.25, 0.3) is 0 Å². The lowest BCUT2D eigenvalue weighted by Gasteiger charge is -2.37. The van der Waals surface area contributed by atoms with Gasteiger partial charge in [0.1, 0.15) is 6.04 Å². The van der Waals surface area contributed by atoms with E-state index in [4.69, 9.17) is 9.31 Å². The van der Waals surface area contributed by atoms with Gasteiger partial charge in [0, 0.05) is 0 Å². The van der Waals surface area contributed by atoms with Crippen LogP contribution in [0.15, 0.2) is 30.3 Å². The summed E-state index contributed by atoms with van der Waals surface area (Å²) < 4.78 is 12.4. The lowest BCUT2D eigenvalue weighted by atomic mass is 9.78. The molecule has 0 spiro atoms. The van der Waals surface area contributed by atoms with Gasteiger partial charge < -0.3 is 37.8 Å². The number of benzene rings is 1. The van der Waals surface area contributed by atoms with E-state index in [1.807, 2.05) is 30.3 Å². The average molecular weight is 347 g/mol. The Bertz CT molecular complexity index is 334. The molecule has 1 saturated heterocycles. The molecule has 2 rings (SSSR count). The van der Waals surface area contributed by atoms with Crippen LogP contribution in [0.1, 0.15) is 0 Å². The third-order valence-electron chi connectivity index (χ3n) is 3.05. The molecule has 17 heavy (non-hydrogen) atoms. The molecule has 0 aliphatic carbocycles. The normalized spacial score (nSPS) is 17.7. The standard InChI is InChI=1S/C12H19BNO2.HI/c1-14(2,3)12-9-15-13(16-10-12)11-7-5-4-6-8-11;/h4-8,12H,9-10H2,1-3H3;1H/q+1;/p-1. The van der Waals surface area contributed by atoms with E-state index in [9.17, 15) is 0 Å². The van der Waals surface area contributed by atoms with E-state index in [0.717, 1.165) is 23.2 Å². The van der Waals surface area contributed by atoms with Crippen LogP contribution in [0.4, 0.5) is 0 Å². The number of hydrogen-bond acceptors (Lipinski definition) is 2. The third-order valence-corrected chi connectivity index (χ3v) is 3.05. The smallest absolute Gasteiger partial charge is 0.494 e. The molecule has 3 nitrogen and oxygen atoms in total. The fourth-order valence-electron chi connectivity index (χ4n) is 1.74. The number of quaternary nitrogens is 1. The largest absolute Gasteiger partial charge is 1.00 e. The van der Waals surface area contributed by atoms with Gasteiger partial charge in [-0.1, -0.05) is 30.3 Å². The lowest BCUT2D eigenvalue weighted by Crippen LogP contribution is -3.00. The summed E-state index contributed by atoms with van der Waals surface area (Å²) in [5.41, 5.74) is 1.10. The Kier molecular flexibility index (Phi) is 5.43. The van der Waals surface area contributed by atoms with Crippen LogP contribution in [0.25, 0.3) is 0 Å². The highest BCUT2D eigenvalue weighted by Gasteiger charge is 2.34. The molecule has 0 saturated carbocycles. The van der Waals surface area contributed by atoms with E-state index >= 15 is 0 Å². The van der Waals surface area contributed by atoms with Crippen LogP contribution < -0.4 is 29.4 Å². The van der Waals surface area contributed by atoms with Crippen molar-refractivity contribution in [1.82, 2.24) is 0 Å². The van der Waals surface area contributed by atoms with Crippen LogP contribution in [-0.4, -0.2) is 52.0 Å². The second-order valence-corrected chi connectivity index (χ2v) is 5.18. The summed E-state index contributed by atoms with van der Waals surface area (Å²) in [5, 5.41) is 0. The van der Waals surface area contributed by atoms with Crippen LogP contribution in [0.3, 0.4) is 0 Å². The number of nitrogens with zero attached hydrogens (tertiary/aromatic N) is 1. The molecule has 94 valence electrons. The van der Waals surface area contributed by atoms with Crippen molar-refractivity contribution in [1.29, 1.82) is 0 Å². The third kappa shape index (κ3) is 3.94. The molecular formula is C12H19BINO2. The molecule has 1 heterocycles. The Morgan fingerprint density at radius 1 is 1.06 bits per heavy atom. The molecule has 0 aromatic heterocycles. The van der Waals surface area contributed by atoms with Crippen molar-refractivity contribution in [3.63, 3.8) is 0 Å². The first-order chi connectivity index (χ1) is 7.57. The maximum absolute atomic E-state index is 5.77. The van der Waals surface area contributed by atoms with Gasteiger partial charge in [0.05, 0.1) is 34.4 Å². The molecule has 1 aliphatic heterocycles. The monoisotopic (exact) mass is 347 g/mol. The lowest BCUT2D eigenvalue weighted by molar-refractivity contribution is -0.897. The summed E-state index contributed by atoms with van der Waals surface area (Å²) >= 11 is 0. The molecule has 0 N–H and O–H groups in total. The molecule has 0 atom stereocenters. The van der Waals surface area contributed by atoms with E-state index in [1.165, 1.54) is 0 Å². The van der Waals surface area contributed by atoms with Gasteiger partial charge in [-0.15, -0.1) is 0 Å². The molecule has 1 aliphatic rings. The van der Waals surface area contributed by atoms with E-state index in [1.54, 1.807) is 0 Å². The predicted octanol–water partition coefficient (Wildman–Crippen LogP) is -2.49.